The zero-order valence-corrected chi connectivity index (χ0v) is 16.4. The van der Waals surface area contributed by atoms with Crippen molar-refractivity contribution in [1.82, 2.24) is 4.98 Å². The van der Waals surface area contributed by atoms with Gasteiger partial charge in [-0.2, -0.15) is 0 Å². The van der Waals surface area contributed by atoms with Gasteiger partial charge in [0, 0.05) is 17.1 Å². The summed E-state index contributed by atoms with van der Waals surface area (Å²) in [6.45, 7) is 1.54. The molecule has 0 radical (unpaired) electrons. The second-order valence-corrected chi connectivity index (χ2v) is 7.65. The Balaban J connectivity index is 1.39. The van der Waals surface area contributed by atoms with E-state index in [0.717, 1.165) is 20.8 Å². The second kappa shape index (κ2) is 8.97. The van der Waals surface area contributed by atoms with Crippen molar-refractivity contribution in [3.63, 3.8) is 0 Å². The SMILES string of the molecule is Cc1cc(Cl)ccc1NC(=O)COC(=O)CCCc1nc2ccccc2s1. The summed E-state index contributed by atoms with van der Waals surface area (Å²) in [5.74, 6) is -0.765. The summed E-state index contributed by atoms with van der Waals surface area (Å²) in [4.78, 5) is 28.3. The van der Waals surface area contributed by atoms with E-state index in [1.54, 1.807) is 29.5 Å². The Hall–Kier alpha value is -2.44. The number of benzene rings is 2. The first-order valence-corrected chi connectivity index (χ1v) is 9.77. The van der Waals surface area contributed by atoms with Gasteiger partial charge in [0.05, 0.1) is 15.2 Å². The fourth-order valence-electron chi connectivity index (χ4n) is 2.58. The Morgan fingerprint density at radius 1 is 1.22 bits per heavy atom. The minimum Gasteiger partial charge on any atom is -0.456 e. The Bertz CT molecular complexity index is 938. The Morgan fingerprint density at radius 3 is 2.81 bits per heavy atom. The number of anilines is 1. The second-order valence-electron chi connectivity index (χ2n) is 6.10. The standard InChI is InChI=1S/C20H19ClN2O3S/c1-13-11-14(21)9-10-15(13)22-18(24)12-26-20(25)8-4-7-19-23-16-5-2-3-6-17(16)27-19/h2-3,5-6,9-11H,4,7-8,12H2,1H3,(H,22,24). The van der Waals surface area contributed by atoms with Crippen LogP contribution < -0.4 is 5.32 Å². The third-order valence-corrected chi connectivity index (χ3v) is 5.27. The van der Waals surface area contributed by atoms with Gasteiger partial charge in [-0.1, -0.05) is 23.7 Å². The third kappa shape index (κ3) is 5.52. The first kappa shape index (κ1) is 19.3. The topological polar surface area (TPSA) is 68.3 Å². The number of para-hydroxylation sites is 1. The number of hydrogen-bond donors (Lipinski definition) is 1. The van der Waals surface area contributed by atoms with Crippen molar-refractivity contribution < 1.29 is 14.3 Å². The highest BCUT2D eigenvalue weighted by atomic mass is 35.5. The summed E-state index contributed by atoms with van der Waals surface area (Å²) < 4.78 is 6.19. The molecule has 2 aromatic carbocycles. The van der Waals surface area contributed by atoms with Gasteiger partial charge in [0.2, 0.25) is 0 Å². The number of amides is 1. The predicted molar refractivity (Wildman–Crippen MR) is 108 cm³/mol. The molecule has 0 saturated carbocycles. The molecule has 1 N–H and O–H groups in total. The molecule has 3 rings (SSSR count). The fourth-order valence-corrected chi connectivity index (χ4v) is 3.82. The van der Waals surface area contributed by atoms with Gasteiger partial charge in [-0.25, -0.2) is 4.98 Å². The van der Waals surface area contributed by atoms with Crippen LogP contribution >= 0.6 is 22.9 Å². The van der Waals surface area contributed by atoms with Crippen LogP contribution in [-0.2, 0) is 20.7 Å². The number of rotatable bonds is 7. The van der Waals surface area contributed by atoms with Crippen LogP contribution in [0.1, 0.15) is 23.4 Å². The molecule has 0 spiro atoms. The van der Waals surface area contributed by atoms with Gasteiger partial charge in [-0.15, -0.1) is 11.3 Å². The van der Waals surface area contributed by atoms with E-state index < -0.39 is 0 Å². The van der Waals surface area contributed by atoms with Crippen molar-refractivity contribution in [1.29, 1.82) is 0 Å². The van der Waals surface area contributed by atoms with E-state index >= 15 is 0 Å². The molecule has 0 aliphatic heterocycles. The monoisotopic (exact) mass is 402 g/mol. The van der Waals surface area contributed by atoms with E-state index in [-0.39, 0.29) is 24.9 Å². The highest BCUT2D eigenvalue weighted by Gasteiger charge is 2.10. The molecule has 1 amide bonds. The molecule has 140 valence electrons. The van der Waals surface area contributed by atoms with Gasteiger partial charge in [0.15, 0.2) is 6.61 Å². The van der Waals surface area contributed by atoms with E-state index in [9.17, 15) is 9.59 Å². The Morgan fingerprint density at radius 2 is 2.04 bits per heavy atom. The summed E-state index contributed by atoms with van der Waals surface area (Å²) in [5.41, 5.74) is 2.48. The number of hydrogen-bond acceptors (Lipinski definition) is 5. The average molecular weight is 403 g/mol. The lowest BCUT2D eigenvalue weighted by atomic mass is 10.2. The van der Waals surface area contributed by atoms with E-state index in [0.29, 0.717) is 23.6 Å². The Labute approximate surface area is 166 Å². The summed E-state index contributed by atoms with van der Waals surface area (Å²) in [7, 11) is 0. The average Bonchev–Trinajstić information content (AvgIpc) is 3.05. The molecule has 0 aliphatic carbocycles. The number of aromatic nitrogens is 1. The zero-order chi connectivity index (χ0) is 19.2. The van der Waals surface area contributed by atoms with Gasteiger partial charge in [-0.3, -0.25) is 9.59 Å². The first-order valence-electron chi connectivity index (χ1n) is 8.57. The molecule has 1 aromatic heterocycles. The van der Waals surface area contributed by atoms with Gasteiger partial charge in [-0.05, 0) is 55.7 Å². The molecule has 3 aromatic rings. The van der Waals surface area contributed by atoms with Crippen LogP contribution in [0.5, 0.6) is 0 Å². The zero-order valence-electron chi connectivity index (χ0n) is 14.8. The van der Waals surface area contributed by atoms with E-state index in [1.165, 1.54) is 0 Å². The fraction of sp³-hybridized carbons (Fsp3) is 0.250. The molecule has 0 aliphatic rings. The summed E-state index contributed by atoms with van der Waals surface area (Å²) in [6, 6.07) is 13.1. The first-order chi connectivity index (χ1) is 13.0. The van der Waals surface area contributed by atoms with Crippen LogP contribution in [0.4, 0.5) is 5.69 Å². The van der Waals surface area contributed by atoms with Crippen molar-refractivity contribution in [2.24, 2.45) is 0 Å². The van der Waals surface area contributed by atoms with Crippen LogP contribution in [0.25, 0.3) is 10.2 Å². The number of carbonyl (C=O) groups is 2. The van der Waals surface area contributed by atoms with Crippen LogP contribution in [0.15, 0.2) is 42.5 Å². The maximum atomic E-state index is 11.9. The van der Waals surface area contributed by atoms with Crippen molar-refractivity contribution in [3.8, 4) is 0 Å². The Kier molecular flexibility index (Phi) is 6.42. The molecule has 0 bridgehead atoms. The highest BCUT2D eigenvalue weighted by molar-refractivity contribution is 7.18. The van der Waals surface area contributed by atoms with Crippen molar-refractivity contribution in [3.05, 3.63) is 58.1 Å². The lowest BCUT2D eigenvalue weighted by molar-refractivity contribution is -0.147. The minimum absolute atomic E-state index is 0.253. The number of nitrogens with zero attached hydrogens (tertiary/aromatic N) is 1. The van der Waals surface area contributed by atoms with E-state index in [4.69, 9.17) is 16.3 Å². The quantitative estimate of drug-likeness (QED) is 0.578. The van der Waals surface area contributed by atoms with Gasteiger partial charge in [0.1, 0.15) is 0 Å². The van der Waals surface area contributed by atoms with Crippen LogP contribution in [0, 0.1) is 6.92 Å². The summed E-state index contributed by atoms with van der Waals surface area (Å²) in [5, 5.41) is 4.31. The smallest absolute Gasteiger partial charge is 0.306 e. The minimum atomic E-state index is -0.390. The molecule has 0 unspecified atom stereocenters. The van der Waals surface area contributed by atoms with Gasteiger partial charge in [0.25, 0.3) is 5.91 Å². The lowest BCUT2D eigenvalue weighted by Gasteiger charge is -2.09. The maximum absolute atomic E-state index is 11.9. The number of fused-ring (bicyclic) bond motifs is 1. The van der Waals surface area contributed by atoms with Crippen molar-refractivity contribution in [2.75, 3.05) is 11.9 Å². The predicted octanol–water partition coefficient (Wildman–Crippen LogP) is 4.76. The van der Waals surface area contributed by atoms with Crippen LogP contribution in [0.3, 0.4) is 0 Å². The number of halogens is 1. The number of carbonyl (C=O) groups excluding carboxylic acids is 2. The number of ether oxygens (including phenoxy) is 1. The third-order valence-electron chi connectivity index (χ3n) is 3.94. The van der Waals surface area contributed by atoms with Crippen molar-refractivity contribution >= 4 is 50.7 Å². The number of nitrogens with one attached hydrogen (secondary N) is 1. The molecule has 7 heteroatoms. The lowest BCUT2D eigenvalue weighted by Crippen LogP contribution is -2.21. The van der Waals surface area contributed by atoms with Gasteiger partial charge >= 0.3 is 5.97 Å². The summed E-state index contributed by atoms with van der Waals surface area (Å²) >= 11 is 7.52. The largest absolute Gasteiger partial charge is 0.456 e. The highest BCUT2D eigenvalue weighted by Crippen LogP contribution is 2.23. The molecule has 0 atom stereocenters. The molecule has 5 nitrogen and oxygen atoms in total. The number of esters is 1. The normalized spacial score (nSPS) is 10.7. The van der Waals surface area contributed by atoms with Crippen LogP contribution in [-0.4, -0.2) is 23.5 Å². The summed E-state index contributed by atoms with van der Waals surface area (Å²) in [6.07, 6.45) is 1.60. The van der Waals surface area contributed by atoms with E-state index in [1.807, 2.05) is 31.2 Å². The molecular weight excluding hydrogens is 384 g/mol. The molecule has 0 saturated heterocycles. The van der Waals surface area contributed by atoms with Crippen molar-refractivity contribution in [2.45, 2.75) is 26.2 Å². The maximum Gasteiger partial charge on any atom is 0.306 e. The molecule has 0 fully saturated rings. The number of thiazole rings is 1. The molecule has 27 heavy (non-hydrogen) atoms. The number of aryl methyl sites for hydroxylation is 2. The van der Waals surface area contributed by atoms with Gasteiger partial charge < -0.3 is 10.1 Å². The van der Waals surface area contributed by atoms with Crippen LogP contribution in [0.2, 0.25) is 5.02 Å². The van der Waals surface area contributed by atoms with E-state index in [2.05, 4.69) is 10.3 Å². The molecular formula is C20H19ClN2O3S. The molecule has 1 heterocycles.